The summed E-state index contributed by atoms with van der Waals surface area (Å²) in [5, 5.41) is 0. The molecule has 0 aliphatic carbocycles. The van der Waals surface area contributed by atoms with E-state index in [2.05, 4.69) is 16.2 Å². The highest BCUT2D eigenvalue weighted by Gasteiger charge is 1.79. The van der Waals surface area contributed by atoms with Crippen molar-refractivity contribution in [3.8, 4) is 0 Å². The molecule has 0 atom stereocenters. The molecule has 0 rings (SSSR count). The number of carbonyl (C=O) groups is 1. The Morgan fingerprint density at radius 2 is 1.71 bits per heavy atom. The normalized spacial score (nSPS) is 5.71. The lowest BCUT2D eigenvalue weighted by atomic mass is 10.9. The van der Waals surface area contributed by atoms with Gasteiger partial charge in [-0.05, 0) is 0 Å². The van der Waals surface area contributed by atoms with Gasteiger partial charge in [0.05, 0.1) is 0 Å². The summed E-state index contributed by atoms with van der Waals surface area (Å²) in [5.74, 6) is -0.480. The monoisotopic (exact) mass is 124 g/mol. The largest absolute Gasteiger partial charge is 0.348 e. The zero-order chi connectivity index (χ0) is 6.28. The second kappa shape index (κ2) is 9.23. The van der Waals surface area contributed by atoms with E-state index in [4.69, 9.17) is 0 Å². The summed E-state index contributed by atoms with van der Waals surface area (Å²) in [5.41, 5.74) is 0. The highest BCUT2D eigenvalue weighted by molar-refractivity contribution is 6.12. The molecule has 0 aromatic rings. The van der Waals surface area contributed by atoms with Gasteiger partial charge in [-0.3, -0.25) is 4.79 Å². The van der Waals surface area contributed by atoms with E-state index in [1.54, 1.807) is 0 Å². The van der Waals surface area contributed by atoms with Crippen LogP contribution in [0.5, 0.6) is 0 Å². The van der Waals surface area contributed by atoms with E-state index in [0.717, 1.165) is 0 Å². The Bertz CT molecular complexity index is 45.0. The Morgan fingerprint density at radius 3 is 1.71 bits per heavy atom. The van der Waals surface area contributed by atoms with Crippen molar-refractivity contribution in [2.45, 2.75) is 20.8 Å². The fourth-order valence-electron chi connectivity index (χ4n) is 0. The van der Waals surface area contributed by atoms with Crippen molar-refractivity contribution in [2.24, 2.45) is 0 Å². The van der Waals surface area contributed by atoms with E-state index in [1.165, 1.54) is 6.92 Å². The van der Waals surface area contributed by atoms with E-state index in [1.807, 2.05) is 13.8 Å². The molecule has 0 saturated carbocycles. The molecular formula is C4H9ClO2. The molecule has 0 aliphatic heterocycles. The number of carbonyl (C=O) groups excluding carboxylic acids is 1. The van der Waals surface area contributed by atoms with E-state index in [0.29, 0.717) is 0 Å². The van der Waals surface area contributed by atoms with Crippen LogP contribution >= 0.6 is 11.9 Å². The van der Waals surface area contributed by atoms with Crippen molar-refractivity contribution >= 4 is 17.8 Å². The molecule has 2 nitrogen and oxygen atoms in total. The van der Waals surface area contributed by atoms with Gasteiger partial charge in [-0.1, -0.05) is 13.8 Å². The van der Waals surface area contributed by atoms with Crippen LogP contribution in [0.4, 0.5) is 0 Å². The Hall–Kier alpha value is -0.240. The number of hydrogen-bond donors (Lipinski definition) is 0. The molecule has 3 heteroatoms. The van der Waals surface area contributed by atoms with Crippen LogP contribution in [0.2, 0.25) is 0 Å². The number of hydrogen-bond acceptors (Lipinski definition) is 2. The summed E-state index contributed by atoms with van der Waals surface area (Å²) in [7, 11) is 0. The fourth-order valence-corrected chi connectivity index (χ4v) is 0. The standard InChI is InChI=1S/C2H3ClO2.C2H6/c1-2(4)5-3;1-2/h1H3;1-2H3. The van der Waals surface area contributed by atoms with Crippen molar-refractivity contribution in [1.82, 2.24) is 0 Å². The first-order valence-electron chi connectivity index (χ1n) is 2.06. The van der Waals surface area contributed by atoms with Crippen LogP contribution in [0, 0.1) is 0 Å². The van der Waals surface area contributed by atoms with Crippen molar-refractivity contribution < 1.29 is 9.08 Å². The van der Waals surface area contributed by atoms with Crippen LogP contribution < -0.4 is 0 Å². The van der Waals surface area contributed by atoms with E-state index in [-0.39, 0.29) is 0 Å². The van der Waals surface area contributed by atoms with Crippen LogP contribution in [0.3, 0.4) is 0 Å². The molecule has 0 unspecified atom stereocenters. The maximum Gasteiger partial charge on any atom is 0.321 e. The lowest BCUT2D eigenvalue weighted by Gasteiger charge is -1.74. The van der Waals surface area contributed by atoms with Crippen molar-refractivity contribution in [3.63, 3.8) is 0 Å². The summed E-state index contributed by atoms with van der Waals surface area (Å²) in [4.78, 5) is 9.46. The van der Waals surface area contributed by atoms with Gasteiger partial charge in [0.2, 0.25) is 0 Å². The summed E-state index contributed by atoms with van der Waals surface area (Å²) < 4.78 is 3.58. The van der Waals surface area contributed by atoms with E-state index in [9.17, 15) is 4.79 Å². The van der Waals surface area contributed by atoms with Crippen LogP contribution in [0.25, 0.3) is 0 Å². The minimum atomic E-state index is -0.480. The van der Waals surface area contributed by atoms with Crippen LogP contribution in [0.1, 0.15) is 20.8 Å². The van der Waals surface area contributed by atoms with Gasteiger partial charge >= 0.3 is 5.97 Å². The molecular weight excluding hydrogens is 115 g/mol. The average molecular weight is 125 g/mol. The summed E-state index contributed by atoms with van der Waals surface area (Å²) in [6, 6.07) is 0. The minimum Gasteiger partial charge on any atom is -0.348 e. The maximum atomic E-state index is 9.46. The van der Waals surface area contributed by atoms with Gasteiger partial charge in [0, 0.05) is 6.92 Å². The predicted molar refractivity (Wildman–Crippen MR) is 29.0 cm³/mol. The quantitative estimate of drug-likeness (QED) is 0.492. The Morgan fingerprint density at radius 1 is 1.57 bits per heavy atom. The van der Waals surface area contributed by atoms with Gasteiger partial charge in [0.15, 0.2) is 0 Å². The summed E-state index contributed by atoms with van der Waals surface area (Å²) in [6.07, 6.45) is 0. The average Bonchev–Trinajstić information content (AvgIpc) is 1.73. The van der Waals surface area contributed by atoms with E-state index >= 15 is 0 Å². The molecule has 0 radical (unpaired) electrons. The maximum absolute atomic E-state index is 9.46. The van der Waals surface area contributed by atoms with Crippen molar-refractivity contribution in [1.29, 1.82) is 0 Å². The molecule has 0 heterocycles. The molecule has 7 heavy (non-hydrogen) atoms. The molecule has 0 N–H and O–H groups in total. The highest BCUT2D eigenvalue weighted by atomic mass is 35.5. The van der Waals surface area contributed by atoms with Crippen molar-refractivity contribution in [2.75, 3.05) is 0 Å². The van der Waals surface area contributed by atoms with Gasteiger partial charge in [-0.25, -0.2) is 0 Å². The first-order valence-corrected chi connectivity index (χ1v) is 2.37. The Labute approximate surface area is 48.6 Å². The van der Waals surface area contributed by atoms with Gasteiger partial charge in [-0.2, -0.15) is 0 Å². The molecule has 0 spiro atoms. The number of rotatable bonds is 0. The van der Waals surface area contributed by atoms with E-state index < -0.39 is 5.97 Å². The van der Waals surface area contributed by atoms with Gasteiger partial charge in [-0.15, -0.1) is 0 Å². The summed E-state index contributed by atoms with van der Waals surface area (Å²) in [6.45, 7) is 5.23. The summed E-state index contributed by atoms with van der Waals surface area (Å²) >= 11 is 4.49. The first-order chi connectivity index (χ1) is 3.27. The van der Waals surface area contributed by atoms with Gasteiger partial charge in [0.1, 0.15) is 11.9 Å². The molecule has 0 fully saturated rings. The molecule has 0 aromatic heterocycles. The third-order valence-corrected chi connectivity index (χ3v) is 0.326. The fraction of sp³-hybridized carbons (Fsp3) is 0.750. The zero-order valence-corrected chi connectivity index (χ0v) is 5.45. The molecule has 0 saturated heterocycles. The molecule has 0 bridgehead atoms. The number of halogens is 1. The van der Waals surface area contributed by atoms with Crippen LogP contribution in [-0.2, 0) is 9.08 Å². The Balaban J connectivity index is 0. The molecule has 0 amide bonds. The predicted octanol–water partition coefficient (Wildman–Crippen LogP) is 1.73. The molecule has 0 aliphatic rings. The third kappa shape index (κ3) is 26.3. The topological polar surface area (TPSA) is 26.3 Å². The second-order valence-electron chi connectivity index (χ2n) is 0.569. The second-order valence-corrected chi connectivity index (χ2v) is 0.723. The highest BCUT2D eigenvalue weighted by Crippen LogP contribution is 1.75. The smallest absolute Gasteiger partial charge is 0.321 e. The molecule has 0 aromatic carbocycles. The molecule has 44 valence electrons. The first kappa shape index (κ1) is 9.90. The lowest BCUT2D eigenvalue weighted by molar-refractivity contribution is -0.131. The van der Waals surface area contributed by atoms with Crippen molar-refractivity contribution in [3.05, 3.63) is 0 Å². The van der Waals surface area contributed by atoms with Gasteiger partial charge < -0.3 is 4.29 Å². The van der Waals surface area contributed by atoms with Crippen LogP contribution in [-0.4, -0.2) is 5.97 Å². The van der Waals surface area contributed by atoms with Crippen LogP contribution in [0.15, 0.2) is 0 Å². The lowest BCUT2D eigenvalue weighted by Crippen LogP contribution is -1.82. The third-order valence-electron chi connectivity index (χ3n) is 0.109. The zero-order valence-electron chi connectivity index (χ0n) is 4.69. The van der Waals surface area contributed by atoms with Gasteiger partial charge in [0.25, 0.3) is 0 Å². The SMILES string of the molecule is CC.CC(=O)OCl. The minimum absolute atomic E-state index is 0.480. The Kier molecular flexibility index (Phi) is 13.1.